The zero-order valence-corrected chi connectivity index (χ0v) is 17.8. The van der Waals surface area contributed by atoms with Gasteiger partial charge in [0.1, 0.15) is 12.1 Å². The number of carbonyl (C=O) groups is 3. The standard InChI is InChI=1S/C19H24ClN3O8/c1-9-13(25)12-11(14(26)15(9)31-6-5-30-4-3-20)18(8-24,22-17(27)28)19(29-2)16-10(21-16)7-23(12)19/h10,16,21-22,24H,3-8H2,1-2H3,(H,27,28). The molecule has 0 aromatic rings. The predicted molar refractivity (Wildman–Crippen MR) is 105 cm³/mol. The average molecular weight is 458 g/mol. The van der Waals surface area contributed by atoms with Gasteiger partial charge in [-0.3, -0.25) is 9.59 Å². The fourth-order valence-electron chi connectivity index (χ4n) is 5.10. The lowest BCUT2D eigenvalue weighted by atomic mass is 9.76. The molecular weight excluding hydrogens is 434 g/mol. The van der Waals surface area contributed by atoms with Gasteiger partial charge < -0.3 is 40.0 Å². The Morgan fingerprint density at radius 2 is 2.06 bits per heavy atom. The van der Waals surface area contributed by atoms with Crippen LogP contribution in [0.3, 0.4) is 0 Å². The van der Waals surface area contributed by atoms with Crippen LogP contribution in [-0.2, 0) is 23.8 Å². The fourth-order valence-corrected chi connectivity index (χ4v) is 5.21. The van der Waals surface area contributed by atoms with Crippen molar-refractivity contribution in [3.05, 3.63) is 22.6 Å². The van der Waals surface area contributed by atoms with Crippen molar-refractivity contribution in [1.29, 1.82) is 0 Å². The van der Waals surface area contributed by atoms with Gasteiger partial charge in [-0.1, -0.05) is 0 Å². The van der Waals surface area contributed by atoms with Crippen molar-refractivity contribution in [1.82, 2.24) is 15.5 Å². The molecule has 0 aromatic heterocycles. The van der Waals surface area contributed by atoms with Crippen LogP contribution >= 0.6 is 11.6 Å². The molecule has 2 fully saturated rings. The molecule has 4 atom stereocenters. The van der Waals surface area contributed by atoms with Crippen LogP contribution < -0.4 is 10.6 Å². The topological polar surface area (TPSA) is 157 Å². The summed E-state index contributed by atoms with van der Waals surface area (Å²) in [5.41, 5.74) is -3.39. The molecule has 11 nitrogen and oxygen atoms in total. The number of methoxy groups -OCH3 is 1. The summed E-state index contributed by atoms with van der Waals surface area (Å²) >= 11 is 5.55. The molecule has 12 heteroatoms. The first kappa shape index (κ1) is 22.0. The number of aliphatic hydroxyl groups is 1. The lowest BCUT2D eigenvalue weighted by Crippen LogP contribution is -2.72. The van der Waals surface area contributed by atoms with E-state index in [9.17, 15) is 24.6 Å². The van der Waals surface area contributed by atoms with E-state index in [4.69, 9.17) is 25.8 Å². The Morgan fingerprint density at radius 1 is 1.32 bits per heavy atom. The van der Waals surface area contributed by atoms with Crippen LogP contribution in [0.25, 0.3) is 0 Å². The number of amides is 1. The Balaban J connectivity index is 1.76. The summed E-state index contributed by atoms with van der Waals surface area (Å²) in [6, 6.07) is -0.434. The van der Waals surface area contributed by atoms with Crippen molar-refractivity contribution >= 4 is 29.3 Å². The molecule has 0 bridgehead atoms. The third-order valence-electron chi connectivity index (χ3n) is 6.33. The van der Waals surface area contributed by atoms with Gasteiger partial charge in [0.25, 0.3) is 0 Å². The van der Waals surface area contributed by atoms with Crippen LogP contribution in [0.4, 0.5) is 4.79 Å². The first-order valence-corrected chi connectivity index (χ1v) is 10.4. The van der Waals surface area contributed by atoms with Crippen LogP contribution in [0.15, 0.2) is 22.6 Å². The summed E-state index contributed by atoms with van der Waals surface area (Å²) in [6.45, 7) is 1.47. The molecule has 170 valence electrons. The maximum Gasteiger partial charge on any atom is 0.405 e. The van der Waals surface area contributed by atoms with E-state index < -0.39 is 35.5 Å². The minimum atomic E-state index is -1.89. The van der Waals surface area contributed by atoms with E-state index in [0.717, 1.165) is 0 Å². The molecule has 1 aliphatic carbocycles. The monoisotopic (exact) mass is 457 g/mol. The number of alkyl halides is 1. The Kier molecular flexibility index (Phi) is 5.51. The quantitative estimate of drug-likeness (QED) is 0.146. The molecule has 0 saturated carbocycles. The van der Waals surface area contributed by atoms with Crippen LogP contribution in [0, 0.1) is 0 Å². The van der Waals surface area contributed by atoms with Gasteiger partial charge >= 0.3 is 6.09 Å². The second-order valence-corrected chi connectivity index (χ2v) is 8.12. The highest BCUT2D eigenvalue weighted by molar-refractivity contribution is 6.26. The van der Waals surface area contributed by atoms with Crippen LogP contribution in [0.2, 0.25) is 0 Å². The number of aliphatic hydroxyl groups excluding tert-OH is 1. The number of Topliss-reactive ketones (excluding diaryl/α,β-unsaturated/α-hetero) is 2. The number of fused-ring (bicyclic) bond motifs is 4. The van der Waals surface area contributed by atoms with Crippen molar-refractivity contribution in [3.63, 3.8) is 0 Å². The number of hydrogen-bond donors (Lipinski definition) is 4. The zero-order chi connectivity index (χ0) is 22.6. The van der Waals surface area contributed by atoms with E-state index >= 15 is 0 Å². The number of carbonyl (C=O) groups excluding carboxylic acids is 2. The number of nitrogens with zero attached hydrogens (tertiary/aromatic N) is 1. The van der Waals surface area contributed by atoms with E-state index in [1.165, 1.54) is 14.0 Å². The SMILES string of the molecule is COC12C3NC3CN1C1=C(C(=O)C(OCCOCCCl)=C(C)C1=O)C2(CO)NC(=O)O. The van der Waals surface area contributed by atoms with E-state index in [1.54, 1.807) is 4.90 Å². The van der Waals surface area contributed by atoms with Crippen LogP contribution in [-0.4, -0.2) is 102 Å². The summed E-state index contributed by atoms with van der Waals surface area (Å²) in [4.78, 5) is 40.2. The van der Waals surface area contributed by atoms with E-state index in [-0.39, 0.29) is 47.9 Å². The third-order valence-corrected chi connectivity index (χ3v) is 6.48. The minimum absolute atomic E-state index is 0.00489. The van der Waals surface area contributed by atoms with Crippen molar-refractivity contribution in [2.75, 3.05) is 46.0 Å². The predicted octanol–water partition coefficient (Wildman–Crippen LogP) is -1.05. The highest BCUT2D eigenvalue weighted by Crippen LogP contribution is 2.57. The Labute approximate surface area is 182 Å². The molecule has 3 aliphatic heterocycles. The number of piperazine rings is 1. The Hall–Kier alpha value is -2.18. The van der Waals surface area contributed by atoms with Gasteiger partial charge in [0.05, 0.1) is 37.1 Å². The molecule has 3 heterocycles. The normalized spacial score (nSPS) is 33.5. The number of ether oxygens (including phenoxy) is 3. The lowest BCUT2D eigenvalue weighted by molar-refractivity contribution is -0.151. The largest absolute Gasteiger partial charge is 0.487 e. The molecule has 0 radical (unpaired) electrons. The molecule has 1 amide bonds. The highest BCUT2D eigenvalue weighted by Gasteiger charge is 2.79. The van der Waals surface area contributed by atoms with Crippen molar-refractivity contribution in [3.8, 4) is 0 Å². The van der Waals surface area contributed by atoms with Crippen molar-refractivity contribution < 1.29 is 38.8 Å². The Bertz CT molecular complexity index is 905. The molecule has 4 rings (SSSR count). The van der Waals surface area contributed by atoms with Gasteiger partial charge in [-0.15, -0.1) is 11.6 Å². The van der Waals surface area contributed by atoms with Gasteiger partial charge in [0, 0.05) is 31.1 Å². The second kappa shape index (κ2) is 7.75. The van der Waals surface area contributed by atoms with Gasteiger partial charge in [0.15, 0.2) is 11.5 Å². The molecule has 31 heavy (non-hydrogen) atoms. The number of nitrogens with one attached hydrogen (secondary N) is 2. The van der Waals surface area contributed by atoms with Crippen LogP contribution in [0.1, 0.15) is 6.92 Å². The lowest BCUT2D eigenvalue weighted by Gasteiger charge is -2.46. The number of allylic oxidation sites excluding steroid dienone is 2. The maximum atomic E-state index is 13.5. The molecule has 2 saturated heterocycles. The molecule has 0 spiro atoms. The van der Waals surface area contributed by atoms with E-state index in [2.05, 4.69) is 10.6 Å². The molecular formula is C19H24ClN3O8. The molecule has 4 unspecified atom stereocenters. The summed E-state index contributed by atoms with van der Waals surface area (Å²) in [5, 5.41) is 25.5. The fraction of sp³-hybridized carbons (Fsp3) is 0.632. The minimum Gasteiger partial charge on any atom is -0.487 e. The van der Waals surface area contributed by atoms with Gasteiger partial charge in [-0.05, 0) is 6.92 Å². The smallest absolute Gasteiger partial charge is 0.405 e. The summed E-state index contributed by atoms with van der Waals surface area (Å²) in [6.07, 6.45) is -1.47. The first-order chi connectivity index (χ1) is 14.8. The third kappa shape index (κ3) is 2.84. The molecule has 4 aliphatic rings. The number of rotatable bonds is 9. The van der Waals surface area contributed by atoms with Gasteiger partial charge in [-0.2, -0.15) is 0 Å². The number of ketones is 2. The summed E-state index contributed by atoms with van der Waals surface area (Å²) in [5.74, 6) is -1.04. The van der Waals surface area contributed by atoms with Crippen LogP contribution in [0.5, 0.6) is 0 Å². The molecule has 0 aromatic carbocycles. The average Bonchev–Trinajstić information content (AvgIpc) is 3.36. The highest BCUT2D eigenvalue weighted by atomic mass is 35.5. The second-order valence-electron chi connectivity index (χ2n) is 7.74. The Morgan fingerprint density at radius 3 is 2.68 bits per heavy atom. The number of carboxylic acid groups (broad SMARTS) is 1. The van der Waals surface area contributed by atoms with E-state index in [0.29, 0.717) is 19.0 Å². The number of halogens is 1. The summed E-state index contributed by atoms with van der Waals surface area (Å²) < 4.78 is 16.6. The summed E-state index contributed by atoms with van der Waals surface area (Å²) in [7, 11) is 1.36. The van der Waals surface area contributed by atoms with Gasteiger partial charge in [0.2, 0.25) is 11.6 Å². The van der Waals surface area contributed by atoms with E-state index in [1.807, 2.05) is 0 Å². The van der Waals surface area contributed by atoms with Gasteiger partial charge in [-0.25, -0.2) is 4.79 Å². The maximum absolute atomic E-state index is 13.5. The zero-order valence-electron chi connectivity index (χ0n) is 17.1. The number of hydrogen-bond acceptors (Lipinski definition) is 9. The van der Waals surface area contributed by atoms with Crippen molar-refractivity contribution in [2.24, 2.45) is 0 Å². The van der Waals surface area contributed by atoms with Crippen molar-refractivity contribution in [2.45, 2.75) is 30.3 Å². The first-order valence-electron chi connectivity index (χ1n) is 9.83. The molecule has 4 N–H and O–H groups in total.